The van der Waals surface area contributed by atoms with Crippen LogP contribution in [0.25, 0.3) is 0 Å². The molecule has 3 aromatic carbocycles. The largest absolute Gasteiger partial charge is 0.489 e. The number of nitrogens with one attached hydrogen (secondary N) is 1. The smallest absolute Gasteiger partial charge is 0.373 e. The Morgan fingerprint density at radius 3 is 2.23 bits per heavy atom. The fourth-order valence-electron chi connectivity index (χ4n) is 3.49. The number of benzene rings is 3. The highest BCUT2D eigenvalue weighted by molar-refractivity contribution is 6.00. The van der Waals surface area contributed by atoms with Gasteiger partial charge < -0.3 is 19.9 Å². The van der Waals surface area contributed by atoms with Crippen molar-refractivity contribution < 1.29 is 28.7 Å². The first kappa shape index (κ1) is 23.5. The fourth-order valence-corrected chi connectivity index (χ4v) is 3.49. The number of pyridine rings is 1. The van der Waals surface area contributed by atoms with E-state index in [4.69, 9.17) is 9.47 Å². The van der Waals surface area contributed by atoms with Crippen molar-refractivity contribution >= 4 is 17.6 Å². The van der Waals surface area contributed by atoms with E-state index in [1.807, 2.05) is 61.6 Å². The summed E-state index contributed by atoms with van der Waals surface area (Å²) in [5.74, 6) is 0.603. The highest BCUT2D eigenvalue weighted by atomic mass is 16.5. The number of aryl methyl sites for hydroxylation is 1. The number of hydrogen-bond donors (Lipinski definition) is 2. The van der Waals surface area contributed by atoms with Crippen molar-refractivity contribution in [2.75, 3.05) is 5.32 Å². The zero-order chi connectivity index (χ0) is 24.6. The average Bonchev–Trinajstić information content (AvgIpc) is 2.86. The summed E-state index contributed by atoms with van der Waals surface area (Å²) in [5.41, 5.74) is 2.17. The van der Waals surface area contributed by atoms with Crippen LogP contribution in [0.4, 0.5) is 5.69 Å². The van der Waals surface area contributed by atoms with Gasteiger partial charge in [-0.25, -0.2) is 4.79 Å². The van der Waals surface area contributed by atoms with E-state index >= 15 is 0 Å². The van der Waals surface area contributed by atoms with Gasteiger partial charge in [0.1, 0.15) is 25.2 Å². The molecule has 0 aliphatic carbocycles. The number of anilines is 1. The van der Waals surface area contributed by atoms with Crippen molar-refractivity contribution in [2.24, 2.45) is 7.05 Å². The van der Waals surface area contributed by atoms with Crippen LogP contribution in [0.5, 0.6) is 17.4 Å². The van der Waals surface area contributed by atoms with Gasteiger partial charge in [-0.3, -0.25) is 4.79 Å². The highest BCUT2D eigenvalue weighted by Gasteiger charge is 2.15. The molecule has 0 aliphatic rings. The van der Waals surface area contributed by atoms with Gasteiger partial charge in [-0.2, -0.15) is 4.57 Å². The standard InChI is InChI=1S/C28H24N2O5/c1-30-18-21(17-26(31)29-25-10-6-5-9-24(25)28(32)33)11-16-27(30)35-23-14-12-22(13-15-23)34-19-20-7-3-2-4-8-20/h2-16,18H,17,19H2,1H3,(H-,29,31,32,33)/p+1. The molecule has 0 saturated heterocycles. The molecular weight excluding hydrogens is 444 g/mol. The van der Waals surface area contributed by atoms with Gasteiger partial charge in [0.25, 0.3) is 0 Å². The Labute approximate surface area is 203 Å². The molecule has 0 spiro atoms. The number of ether oxygens (including phenoxy) is 2. The minimum absolute atomic E-state index is 0.0478. The van der Waals surface area contributed by atoms with Gasteiger partial charge in [-0.05, 0) is 48.0 Å². The second-order valence-corrected chi connectivity index (χ2v) is 7.91. The lowest BCUT2D eigenvalue weighted by molar-refractivity contribution is -0.676. The fraction of sp³-hybridized carbons (Fsp3) is 0.107. The van der Waals surface area contributed by atoms with Gasteiger partial charge in [0, 0.05) is 5.56 Å². The molecule has 1 amide bonds. The second-order valence-electron chi connectivity index (χ2n) is 7.91. The number of nitrogens with zero attached hydrogens (tertiary/aromatic N) is 1. The van der Waals surface area contributed by atoms with Crippen LogP contribution in [-0.4, -0.2) is 17.0 Å². The predicted molar refractivity (Wildman–Crippen MR) is 131 cm³/mol. The zero-order valence-corrected chi connectivity index (χ0v) is 19.2. The number of rotatable bonds is 9. The molecule has 4 rings (SSSR count). The minimum Gasteiger partial charge on any atom is -0.489 e. The van der Waals surface area contributed by atoms with Crippen molar-refractivity contribution in [3.63, 3.8) is 0 Å². The normalized spacial score (nSPS) is 10.4. The average molecular weight is 470 g/mol. The molecule has 176 valence electrons. The molecule has 0 aliphatic heterocycles. The summed E-state index contributed by atoms with van der Waals surface area (Å²) in [5, 5.41) is 11.9. The first-order valence-corrected chi connectivity index (χ1v) is 11.0. The number of para-hydroxylation sites is 1. The van der Waals surface area contributed by atoms with E-state index in [0.29, 0.717) is 18.2 Å². The molecule has 0 bridgehead atoms. The van der Waals surface area contributed by atoms with Crippen LogP contribution >= 0.6 is 0 Å². The van der Waals surface area contributed by atoms with Crippen LogP contribution in [0.1, 0.15) is 21.5 Å². The van der Waals surface area contributed by atoms with Crippen molar-refractivity contribution in [1.29, 1.82) is 0 Å². The van der Waals surface area contributed by atoms with E-state index in [0.717, 1.165) is 16.9 Å². The van der Waals surface area contributed by atoms with Crippen LogP contribution < -0.4 is 19.4 Å². The summed E-state index contributed by atoms with van der Waals surface area (Å²) >= 11 is 0. The maximum atomic E-state index is 12.5. The Balaban J connectivity index is 1.34. The molecule has 7 nitrogen and oxygen atoms in total. The van der Waals surface area contributed by atoms with Gasteiger partial charge in [-0.1, -0.05) is 42.5 Å². The van der Waals surface area contributed by atoms with E-state index in [-0.39, 0.29) is 23.6 Å². The molecule has 0 radical (unpaired) electrons. The topological polar surface area (TPSA) is 88.7 Å². The van der Waals surface area contributed by atoms with E-state index in [1.165, 1.54) is 6.07 Å². The SMILES string of the molecule is C[n+]1cc(CC(=O)Nc2ccccc2C(=O)O)ccc1Oc1ccc(OCc2ccccc2)cc1. The molecule has 2 N–H and O–H groups in total. The first-order valence-electron chi connectivity index (χ1n) is 11.0. The minimum atomic E-state index is -1.09. The van der Waals surface area contributed by atoms with E-state index in [2.05, 4.69) is 5.32 Å². The maximum Gasteiger partial charge on any atom is 0.373 e. The summed E-state index contributed by atoms with van der Waals surface area (Å²) in [4.78, 5) is 23.8. The zero-order valence-electron chi connectivity index (χ0n) is 19.2. The molecule has 4 aromatic rings. The number of carboxylic acid groups (broad SMARTS) is 1. The summed E-state index contributed by atoms with van der Waals surface area (Å²) < 4.78 is 13.6. The van der Waals surface area contributed by atoms with E-state index < -0.39 is 5.97 Å². The number of carbonyl (C=O) groups excluding carboxylic acids is 1. The molecule has 0 saturated carbocycles. The third-order valence-electron chi connectivity index (χ3n) is 5.24. The van der Waals surface area contributed by atoms with Crippen LogP contribution in [0, 0.1) is 0 Å². The number of hydrogen-bond acceptors (Lipinski definition) is 4. The number of carboxylic acids is 1. The van der Waals surface area contributed by atoms with Gasteiger partial charge in [0.15, 0.2) is 6.20 Å². The summed E-state index contributed by atoms with van der Waals surface area (Å²) in [6, 6.07) is 27.2. The molecule has 0 unspecified atom stereocenters. The molecule has 0 atom stereocenters. The van der Waals surface area contributed by atoms with Crippen molar-refractivity contribution in [2.45, 2.75) is 13.0 Å². The Morgan fingerprint density at radius 1 is 0.829 bits per heavy atom. The molecule has 0 fully saturated rings. The third-order valence-corrected chi connectivity index (χ3v) is 5.24. The van der Waals surface area contributed by atoms with Crippen LogP contribution in [0.15, 0.2) is 97.2 Å². The Kier molecular flexibility index (Phi) is 7.37. The number of aromatic nitrogens is 1. The molecule has 1 heterocycles. The van der Waals surface area contributed by atoms with Crippen molar-refractivity contribution in [3.8, 4) is 17.4 Å². The monoisotopic (exact) mass is 469 g/mol. The third kappa shape index (κ3) is 6.45. The predicted octanol–water partition coefficient (Wildman–Crippen LogP) is 4.76. The molecule has 1 aromatic heterocycles. The van der Waals surface area contributed by atoms with Gasteiger partial charge in [0.2, 0.25) is 5.91 Å². The van der Waals surface area contributed by atoms with Gasteiger partial charge in [-0.15, -0.1) is 0 Å². The summed E-state index contributed by atoms with van der Waals surface area (Å²) in [6.07, 6.45) is 1.89. The first-order chi connectivity index (χ1) is 17.0. The number of aromatic carboxylic acids is 1. The maximum absolute atomic E-state index is 12.5. The lowest BCUT2D eigenvalue weighted by atomic mass is 10.1. The molecular formula is C28H25N2O5+. The van der Waals surface area contributed by atoms with Gasteiger partial charge in [0.05, 0.1) is 23.7 Å². The van der Waals surface area contributed by atoms with Crippen LogP contribution in [-0.2, 0) is 24.9 Å². The second kappa shape index (κ2) is 11.0. The molecule has 7 heteroatoms. The van der Waals surface area contributed by atoms with E-state index in [1.54, 1.807) is 41.1 Å². The van der Waals surface area contributed by atoms with Crippen LogP contribution in [0.3, 0.4) is 0 Å². The van der Waals surface area contributed by atoms with E-state index in [9.17, 15) is 14.7 Å². The molecule has 35 heavy (non-hydrogen) atoms. The van der Waals surface area contributed by atoms with Crippen molar-refractivity contribution in [1.82, 2.24) is 0 Å². The highest BCUT2D eigenvalue weighted by Crippen LogP contribution is 2.23. The Bertz CT molecular complexity index is 1320. The summed E-state index contributed by atoms with van der Waals surface area (Å²) in [7, 11) is 1.83. The Hall–Kier alpha value is -4.65. The lowest BCUT2D eigenvalue weighted by Crippen LogP contribution is -2.30. The number of carbonyl (C=O) groups is 2. The number of amides is 1. The van der Waals surface area contributed by atoms with Crippen LogP contribution in [0.2, 0.25) is 0 Å². The van der Waals surface area contributed by atoms with Crippen molar-refractivity contribution in [3.05, 3.63) is 114 Å². The Morgan fingerprint density at radius 2 is 1.51 bits per heavy atom. The quantitative estimate of drug-likeness (QED) is 0.345. The lowest BCUT2D eigenvalue weighted by Gasteiger charge is -2.09. The van der Waals surface area contributed by atoms with Gasteiger partial charge >= 0.3 is 11.8 Å². The summed E-state index contributed by atoms with van der Waals surface area (Å²) in [6.45, 7) is 0.493.